The number of hydrogen-bond donors (Lipinski definition) is 2. The first-order valence-corrected chi connectivity index (χ1v) is 5.06. The summed E-state index contributed by atoms with van der Waals surface area (Å²) < 4.78 is 0. The molecule has 0 aliphatic carbocycles. The van der Waals surface area contributed by atoms with Gasteiger partial charge in [0.25, 0.3) is 0 Å². The van der Waals surface area contributed by atoms with Gasteiger partial charge in [-0.05, 0) is 37.0 Å². The first-order chi connectivity index (χ1) is 7.02. The molecular weight excluding hydrogens is 190 g/mol. The van der Waals surface area contributed by atoms with Crippen molar-refractivity contribution in [2.75, 3.05) is 0 Å². The highest BCUT2D eigenvalue weighted by Gasteiger charge is 2.12. The van der Waals surface area contributed by atoms with Crippen LogP contribution in [-0.2, 0) is 4.79 Å². The third-order valence-electron chi connectivity index (χ3n) is 2.58. The number of benzene rings is 1. The van der Waals surface area contributed by atoms with Gasteiger partial charge in [-0.1, -0.05) is 18.2 Å². The number of aryl methyl sites for hydroxylation is 2. The van der Waals surface area contributed by atoms with Crippen molar-refractivity contribution in [3.63, 3.8) is 0 Å². The third kappa shape index (κ3) is 3.06. The Morgan fingerprint density at radius 2 is 1.93 bits per heavy atom. The molecule has 0 aliphatic heterocycles. The quantitative estimate of drug-likeness (QED) is 0.795. The third-order valence-corrected chi connectivity index (χ3v) is 2.58. The van der Waals surface area contributed by atoms with Crippen LogP contribution in [0, 0.1) is 13.8 Å². The van der Waals surface area contributed by atoms with E-state index in [1.807, 2.05) is 32.0 Å². The molecule has 0 saturated carbocycles. The van der Waals surface area contributed by atoms with Crippen LogP contribution in [-0.4, -0.2) is 11.1 Å². The van der Waals surface area contributed by atoms with E-state index in [1.165, 1.54) is 0 Å². The van der Waals surface area contributed by atoms with Crippen molar-refractivity contribution in [2.45, 2.75) is 32.7 Å². The van der Waals surface area contributed by atoms with Crippen molar-refractivity contribution in [1.82, 2.24) is 0 Å². The lowest BCUT2D eigenvalue weighted by Gasteiger charge is -2.16. The smallest absolute Gasteiger partial charge is 0.303 e. The SMILES string of the molecule is Cc1cccc(C)c1C(N)CCC(=O)O. The predicted octanol–water partition coefficient (Wildman–Crippen LogP) is 2.17. The fourth-order valence-electron chi connectivity index (χ4n) is 1.84. The minimum absolute atomic E-state index is 0.120. The predicted molar refractivity (Wildman–Crippen MR) is 59.7 cm³/mol. The highest BCUT2D eigenvalue weighted by Crippen LogP contribution is 2.23. The van der Waals surface area contributed by atoms with Crippen LogP contribution in [0.5, 0.6) is 0 Å². The van der Waals surface area contributed by atoms with Gasteiger partial charge >= 0.3 is 5.97 Å². The van der Waals surface area contributed by atoms with Gasteiger partial charge in [0.15, 0.2) is 0 Å². The highest BCUT2D eigenvalue weighted by molar-refractivity contribution is 5.66. The Morgan fingerprint density at radius 1 is 1.40 bits per heavy atom. The maximum Gasteiger partial charge on any atom is 0.303 e. The van der Waals surface area contributed by atoms with Crippen molar-refractivity contribution >= 4 is 5.97 Å². The first kappa shape index (κ1) is 11.7. The summed E-state index contributed by atoms with van der Waals surface area (Å²) in [6.07, 6.45) is 0.607. The average molecular weight is 207 g/mol. The van der Waals surface area contributed by atoms with Gasteiger partial charge in [0.2, 0.25) is 0 Å². The van der Waals surface area contributed by atoms with E-state index in [1.54, 1.807) is 0 Å². The molecule has 1 aromatic carbocycles. The maximum atomic E-state index is 10.4. The molecule has 0 amide bonds. The molecule has 0 radical (unpaired) electrons. The molecule has 3 N–H and O–H groups in total. The number of hydrogen-bond acceptors (Lipinski definition) is 2. The summed E-state index contributed by atoms with van der Waals surface area (Å²) in [6, 6.07) is 5.81. The summed E-state index contributed by atoms with van der Waals surface area (Å²) in [5.41, 5.74) is 9.33. The second-order valence-electron chi connectivity index (χ2n) is 3.84. The molecule has 0 heterocycles. The molecule has 1 aromatic rings. The molecule has 0 aromatic heterocycles. The van der Waals surface area contributed by atoms with Crippen molar-refractivity contribution in [1.29, 1.82) is 0 Å². The van der Waals surface area contributed by atoms with Crippen molar-refractivity contribution in [3.05, 3.63) is 34.9 Å². The summed E-state index contributed by atoms with van der Waals surface area (Å²) in [4.78, 5) is 10.4. The molecular formula is C12H17NO2. The number of nitrogens with two attached hydrogens (primary N) is 1. The van der Waals surface area contributed by atoms with Crippen LogP contribution in [0.4, 0.5) is 0 Å². The molecule has 82 valence electrons. The number of aliphatic carboxylic acids is 1. The lowest BCUT2D eigenvalue weighted by molar-refractivity contribution is -0.137. The van der Waals surface area contributed by atoms with E-state index in [0.717, 1.165) is 16.7 Å². The topological polar surface area (TPSA) is 63.3 Å². The van der Waals surface area contributed by atoms with Crippen LogP contribution < -0.4 is 5.73 Å². The lowest BCUT2D eigenvalue weighted by atomic mass is 9.94. The van der Waals surface area contributed by atoms with Crippen LogP contribution in [0.2, 0.25) is 0 Å². The number of carbonyl (C=O) groups is 1. The van der Waals surface area contributed by atoms with Gasteiger partial charge < -0.3 is 10.8 Å². The zero-order valence-corrected chi connectivity index (χ0v) is 9.16. The summed E-state index contributed by atoms with van der Waals surface area (Å²) >= 11 is 0. The highest BCUT2D eigenvalue weighted by atomic mass is 16.4. The van der Waals surface area contributed by atoms with Crippen molar-refractivity contribution in [3.8, 4) is 0 Å². The summed E-state index contributed by atoms with van der Waals surface area (Å²) in [7, 11) is 0. The molecule has 0 saturated heterocycles. The second-order valence-corrected chi connectivity index (χ2v) is 3.84. The standard InChI is InChI=1S/C12H17NO2/c1-8-4-3-5-9(2)12(8)10(13)6-7-11(14)15/h3-5,10H,6-7,13H2,1-2H3,(H,14,15). The number of carboxylic acids is 1. The van der Waals surface area contributed by atoms with E-state index < -0.39 is 5.97 Å². The van der Waals surface area contributed by atoms with Gasteiger partial charge in [-0.15, -0.1) is 0 Å². The molecule has 3 nitrogen and oxygen atoms in total. The van der Waals surface area contributed by atoms with Crippen molar-refractivity contribution < 1.29 is 9.90 Å². The van der Waals surface area contributed by atoms with Crippen LogP contribution in [0.3, 0.4) is 0 Å². The second kappa shape index (κ2) is 4.94. The Labute approximate surface area is 89.9 Å². The zero-order valence-electron chi connectivity index (χ0n) is 9.16. The Balaban J connectivity index is 2.81. The van der Waals surface area contributed by atoms with Gasteiger partial charge in [-0.25, -0.2) is 0 Å². The lowest BCUT2D eigenvalue weighted by Crippen LogP contribution is -2.14. The summed E-state index contributed by atoms with van der Waals surface area (Å²) in [5, 5.41) is 8.59. The maximum absolute atomic E-state index is 10.4. The Kier molecular flexibility index (Phi) is 3.86. The molecule has 0 spiro atoms. The molecule has 3 heteroatoms. The van der Waals surface area contributed by atoms with Crippen LogP contribution in [0.1, 0.15) is 35.6 Å². The average Bonchev–Trinajstić information content (AvgIpc) is 2.14. The van der Waals surface area contributed by atoms with Gasteiger partial charge in [-0.2, -0.15) is 0 Å². The fourth-order valence-corrected chi connectivity index (χ4v) is 1.84. The summed E-state index contributed by atoms with van der Waals surface area (Å²) in [6.45, 7) is 4.01. The number of carboxylic acid groups (broad SMARTS) is 1. The van der Waals surface area contributed by atoms with Crippen LogP contribution in [0.15, 0.2) is 18.2 Å². The monoisotopic (exact) mass is 207 g/mol. The largest absolute Gasteiger partial charge is 0.481 e. The van der Waals surface area contributed by atoms with Gasteiger partial charge in [-0.3, -0.25) is 4.79 Å². The molecule has 0 aliphatic rings. The van der Waals surface area contributed by atoms with Crippen LogP contribution >= 0.6 is 0 Å². The normalized spacial score (nSPS) is 12.5. The van der Waals surface area contributed by atoms with E-state index in [4.69, 9.17) is 10.8 Å². The van der Waals surface area contributed by atoms with Crippen LogP contribution in [0.25, 0.3) is 0 Å². The fraction of sp³-hybridized carbons (Fsp3) is 0.417. The van der Waals surface area contributed by atoms with E-state index in [2.05, 4.69) is 0 Å². The molecule has 0 fully saturated rings. The zero-order chi connectivity index (χ0) is 11.4. The minimum Gasteiger partial charge on any atom is -0.481 e. The van der Waals surface area contributed by atoms with Gasteiger partial charge in [0.1, 0.15) is 0 Å². The molecule has 1 atom stereocenters. The van der Waals surface area contributed by atoms with Crippen molar-refractivity contribution in [2.24, 2.45) is 5.73 Å². The summed E-state index contributed by atoms with van der Waals surface area (Å²) in [5.74, 6) is -0.795. The Morgan fingerprint density at radius 3 is 2.40 bits per heavy atom. The van der Waals surface area contributed by atoms with Gasteiger partial charge in [0, 0.05) is 12.5 Å². The Bertz CT molecular complexity index is 340. The van der Waals surface area contributed by atoms with E-state index in [9.17, 15) is 4.79 Å². The minimum atomic E-state index is -0.795. The molecule has 15 heavy (non-hydrogen) atoms. The van der Waals surface area contributed by atoms with E-state index in [-0.39, 0.29) is 12.5 Å². The van der Waals surface area contributed by atoms with Gasteiger partial charge in [0.05, 0.1) is 0 Å². The Hall–Kier alpha value is -1.35. The van der Waals surface area contributed by atoms with E-state index in [0.29, 0.717) is 6.42 Å². The van der Waals surface area contributed by atoms with E-state index >= 15 is 0 Å². The molecule has 1 unspecified atom stereocenters. The number of rotatable bonds is 4. The molecule has 1 rings (SSSR count). The molecule has 0 bridgehead atoms. The first-order valence-electron chi connectivity index (χ1n) is 5.06.